The standard InChI is InChI=1S/C17H30N.CH4O3S/c1-3-5-6-7-8-9-10-11-14-18-15-12-13-17(4-2)16-18;1-5(2,3)4/h12-13,15-16H,3-11,14H2,1-2H3;1H3,(H,2,3,4)/q+1;/p-1. The fourth-order valence-electron chi connectivity index (χ4n) is 2.35. The van der Waals surface area contributed by atoms with Gasteiger partial charge in [-0.25, -0.2) is 13.0 Å². The Hall–Kier alpha value is -0.940. The quantitative estimate of drug-likeness (QED) is 0.368. The number of hydrogen-bond acceptors (Lipinski definition) is 3. The molecule has 5 heteroatoms. The van der Waals surface area contributed by atoms with Crippen molar-refractivity contribution >= 4 is 10.1 Å². The Kier molecular flexibility index (Phi) is 12.9. The molecular formula is C18H33NO3S. The monoisotopic (exact) mass is 343 g/mol. The second-order valence-corrected chi connectivity index (χ2v) is 7.39. The van der Waals surface area contributed by atoms with E-state index in [1.807, 2.05) is 0 Å². The molecule has 0 atom stereocenters. The van der Waals surface area contributed by atoms with Crippen molar-refractivity contribution in [1.82, 2.24) is 0 Å². The van der Waals surface area contributed by atoms with Crippen LogP contribution in [0.3, 0.4) is 0 Å². The summed E-state index contributed by atoms with van der Waals surface area (Å²) >= 11 is 0. The molecule has 0 spiro atoms. The molecular weight excluding hydrogens is 310 g/mol. The minimum absolute atomic E-state index is 0.604. The van der Waals surface area contributed by atoms with Crippen molar-refractivity contribution in [2.75, 3.05) is 6.26 Å². The van der Waals surface area contributed by atoms with Crippen LogP contribution in [0, 0.1) is 0 Å². The van der Waals surface area contributed by atoms with Crippen LogP contribution in [0.2, 0.25) is 0 Å². The third kappa shape index (κ3) is 17.2. The highest BCUT2D eigenvalue weighted by Gasteiger charge is 2.01. The fraction of sp³-hybridized carbons (Fsp3) is 0.722. The first kappa shape index (κ1) is 22.1. The van der Waals surface area contributed by atoms with E-state index < -0.39 is 10.1 Å². The largest absolute Gasteiger partial charge is 0.748 e. The summed E-state index contributed by atoms with van der Waals surface area (Å²) < 4.78 is 29.6. The topological polar surface area (TPSA) is 61.1 Å². The molecule has 1 aromatic heterocycles. The van der Waals surface area contributed by atoms with Crippen molar-refractivity contribution in [3.05, 3.63) is 30.1 Å². The third-order valence-electron chi connectivity index (χ3n) is 3.60. The average molecular weight is 344 g/mol. The van der Waals surface area contributed by atoms with Crippen LogP contribution in [0.15, 0.2) is 24.5 Å². The van der Waals surface area contributed by atoms with Crippen LogP contribution in [0.4, 0.5) is 0 Å². The van der Waals surface area contributed by atoms with Gasteiger partial charge in [-0.2, -0.15) is 0 Å². The predicted octanol–water partition coefficient (Wildman–Crippen LogP) is 3.84. The Labute approximate surface area is 142 Å². The molecule has 1 rings (SSSR count). The summed E-state index contributed by atoms with van der Waals surface area (Å²) in [5, 5.41) is 0. The van der Waals surface area contributed by atoms with E-state index in [0.29, 0.717) is 6.26 Å². The van der Waals surface area contributed by atoms with E-state index in [1.54, 1.807) is 0 Å². The molecule has 0 saturated carbocycles. The normalized spacial score (nSPS) is 11.0. The lowest BCUT2D eigenvalue weighted by Crippen LogP contribution is -2.33. The van der Waals surface area contributed by atoms with Gasteiger partial charge in [0.15, 0.2) is 12.4 Å². The SMILES string of the molecule is CCCCCCCCCC[n+]1cccc(CC)c1.CS(=O)(=O)[O-]. The summed E-state index contributed by atoms with van der Waals surface area (Å²) in [5.41, 5.74) is 1.44. The van der Waals surface area contributed by atoms with Crippen LogP contribution in [-0.2, 0) is 23.1 Å². The summed E-state index contributed by atoms with van der Waals surface area (Å²) in [6.07, 6.45) is 17.4. The average Bonchev–Trinajstić information content (AvgIpc) is 2.48. The molecule has 0 aliphatic carbocycles. The number of aromatic nitrogens is 1. The minimum Gasteiger partial charge on any atom is -0.748 e. The van der Waals surface area contributed by atoms with Gasteiger partial charge in [0.2, 0.25) is 0 Å². The summed E-state index contributed by atoms with van der Waals surface area (Å²) in [6.45, 7) is 5.68. The third-order valence-corrected chi connectivity index (χ3v) is 3.60. The second kappa shape index (κ2) is 13.5. The molecule has 0 saturated heterocycles. The molecule has 0 fully saturated rings. The molecule has 0 radical (unpaired) electrons. The summed E-state index contributed by atoms with van der Waals surface area (Å²) in [7, 11) is -3.92. The molecule has 23 heavy (non-hydrogen) atoms. The van der Waals surface area contributed by atoms with Crippen molar-refractivity contribution < 1.29 is 17.5 Å². The van der Waals surface area contributed by atoms with E-state index in [9.17, 15) is 0 Å². The van der Waals surface area contributed by atoms with Gasteiger partial charge in [-0.3, -0.25) is 0 Å². The van der Waals surface area contributed by atoms with Crippen LogP contribution in [0.25, 0.3) is 0 Å². The number of aryl methyl sites for hydroxylation is 2. The van der Waals surface area contributed by atoms with Gasteiger partial charge >= 0.3 is 0 Å². The molecule has 0 N–H and O–H groups in total. The number of hydrogen-bond donors (Lipinski definition) is 0. The molecule has 0 aromatic carbocycles. The molecule has 134 valence electrons. The Bertz CT molecular complexity index is 493. The van der Waals surface area contributed by atoms with E-state index >= 15 is 0 Å². The van der Waals surface area contributed by atoms with Crippen LogP contribution in [-0.4, -0.2) is 19.2 Å². The van der Waals surface area contributed by atoms with E-state index in [4.69, 9.17) is 13.0 Å². The zero-order chi connectivity index (χ0) is 17.6. The van der Waals surface area contributed by atoms with Crippen LogP contribution in [0.5, 0.6) is 0 Å². The Balaban J connectivity index is 0.000000841. The van der Waals surface area contributed by atoms with Crippen LogP contribution < -0.4 is 4.57 Å². The molecule has 0 aliphatic rings. The molecule has 0 unspecified atom stereocenters. The maximum absolute atomic E-state index is 9.08. The zero-order valence-corrected chi connectivity index (χ0v) is 15.8. The predicted molar refractivity (Wildman–Crippen MR) is 94.2 cm³/mol. The van der Waals surface area contributed by atoms with E-state index in [2.05, 4.69) is 42.9 Å². The van der Waals surface area contributed by atoms with Gasteiger partial charge in [0.25, 0.3) is 0 Å². The van der Waals surface area contributed by atoms with Crippen molar-refractivity contribution in [2.45, 2.75) is 78.2 Å². The number of pyridine rings is 1. The van der Waals surface area contributed by atoms with Gasteiger partial charge < -0.3 is 4.55 Å². The zero-order valence-electron chi connectivity index (χ0n) is 15.0. The first-order chi connectivity index (χ1) is 10.9. The first-order valence-corrected chi connectivity index (χ1v) is 10.6. The highest BCUT2D eigenvalue weighted by molar-refractivity contribution is 7.84. The minimum atomic E-state index is -3.92. The highest BCUT2D eigenvalue weighted by Crippen LogP contribution is 2.08. The van der Waals surface area contributed by atoms with Gasteiger partial charge in [0.05, 0.1) is 10.1 Å². The Morgan fingerprint density at radius 1 is 1.00 bits per heavy atom. The molecule has 0 amide bonds. The van der Waals surface area contributed by atoms with Gasteiger partial charge in [0.1, 0.15) is 6.54 Å². The first-order valence-electron chi connectivity index (χ1n) is 8.75. The molecule has 4 nitrogen and oxygen atoms in total. The fourth-order valence-corrected chi connectivity index (χ4v) is 2.35. The number of unbranched alkanes of at least 4 members (excludes halogenated alkanes) is 7. The summed E-state index contributed by atoms with van der Waals surface area (Å²) in [6, 6.07) is 4.38. The molecule has 1 heterocycles. The van der Waals surface area contributed by atoms with Crippen molar-refractivity contribution in [1.29, 1.82) is 0 Å². The highest BCUT2D eigenvalue weighted by atomic mass is 32.2. The number of nitrogens with zero attached hydrogens (tertiary/aromatic N) is 1. The lowest BCUT2D eigenvalue weighted by atomic mass is 10.1. The Morgan fingerprint density at radius 3 is 2.04 bits per heavy atom. The molecule has 0 aliphatic heterocycles. The van der Waals surface area contributed by atoms with E-state index in [1.165, 1.54) is 63.5 Å². The maximum atomic E-state index is 9.08. The number of rotatable bonds is 10. The second-order valence-electron chi connectivity index (χ2n) is 5.98. The lowest BCUT2D eigenvalue weighted by Gasteiger charge is -2.01. The van der Waals surface area contributed by atoms with Crippen LogP contribution >= 0.6 is 0 Å². The van der Waals surface area contributed by atoms with Gasteiger partial charge in [-0.05, 0) is 18.9 Å². The van der Waals surface area contributed by atoms with Gasteiger partial charge in [-0.15, -0.1) is 0 Å². The van der Waals surface area contributed by atoms with Crippen molar-refractivity contribution in [2.24, 2.45) is 0 Å². The summed E-state index contributed by atoms with van der Waals surface area (Å²) in [4.78, 5) is 0. The molecule has 1 aromatic rings. The van der Waals surface area contributed by atoms with E-state index in [0.717, 1.165) is 6.42 Å². The van der Waals surface area contributed by atoms with E-state index in [-0.39, 0.29) is 0 Å². The van der Waals surface area contributed by atoms with Crippen molar-refractivity contribution in [3.8, 4) is 0 Å². The van der Waals surface area contributed by atoms with Gasteiger partial charge in [-0.1, -0.05) is 52.4 Å². The maximum Gasteiger partial charge on any atom is 0.171 e. The van der Waals surface area contributed by atoms with Gasteiger partial charge in [0, 0.05) is 24.3 Å². The van der Waals surface area contributed by atoms with Crippen LogP contribution in [0.1, 0.15) is 70.8 Å². The summed E-state index contributed by atoms with van der Waals surface area (Å²) in [5.74, 6) is 0. The smallest absolute Gasteiger partial charge is 0.171 e. The Morgan fingerprint density at radius 2 is 1.52 bits per heavy atom. The lowest BCUT2D eigenvalue weighted by molar-refractivity contribution is -0.697. The molecule has 0 bridgehead atoms. The van der Waals surface area contributed by atoms with Crippen molar-refractivity contribution in [3.63, 3.8) is 0 Å².